The number of rotatable bonds is 5. The summed E-state index contributed by atoms with van der Waals surface area (Å²) in [5.41, 5.74) is 0.593. The molecule has 1 aromatic heterocycles. The lowest BCUT2D eigenvalue weighted by Gasteiger charge is -2.23. The Morgan fingerprint density at radius 1 is 1.32 bits per heavy atom. The minimum atomic E-state index is -0.367. The molecule has 0 unspecified atom stereocenters. The van der Waals surface area contributed by atoms with E-state index in [9.17, 15) is 10.1 Å². The van der Waals surface area contributed by atoms with Gasteiger partial charge < -0.3 is 9.88 Å². The number of nitrogens with one attached hydrogen (secondary N) is 1. The van der Waals surface area contributed by atoms with Gasteiger partial charge in [-0.3, -0.25) is 10.1 Å². The van der Waals surface area contributed by atoms with Crippen LogP contribution in [0.3, 0.4) is 0 Å². The van der Waals surface area contributed by atoms with Crippen molar-refractivity contribution in [2.24, 2.45) is 5.92 Å². The Hall–Kier alpha value is -2.44. The summed E-state index contributed by atoms with van der Waals surface area (Å²) in [7, 11) is 0. The molecular weight excluding hydrogens is 282 g/mol. The van der Waals surface area contributed by atoms with Crippen LogP contribution in [-0.4, -0.2) is 19.7 Å². The maximum absolute atomic E-state index is 11.2. The van der Waals surface area contributed by atoms with E-state index in [-0.39, 0.29) is 22.6 Å². The fourth-order valence-electron chi connectivity index (χ4n) is 2.85. The first-order valence-corrected chi connectivity index (χ1v) is 7.50. The zero-order chi connectivity index (χ0) is 15.7. The molecule has 2 heterocycles. The maximum Gasteiger partial charge on any atom is 0.292 e. The molecule has 1 atom stereocenters. The Balaban J connectivity index is 1.95. The number of aromatic nitrogens is 3. The standard InChI is InChI=1S/C15H19N5O2/c1-10(2)14(15-18-17-13-8-5-9-19(13)15)16-11-6-3-4-7-12(11)20(21)22/h3-4,6-7,10,14,16H,5,8-9H2,1-2H3/t14-/m0/s1. The smallest absolute Gasteiger partial charge is 0.292 e. The number of hydrogen-bond acceptors (Lipinski definition) is 5. The van der Waals surface area contributed by atoms with Crippen LogP contribution in [0.4, 0.5) is 11.4 Å². The molecule has 0 amide bonds. The highest BCUT2D eigenvalue weighted by Gasteiger charge is 2.27. The first kappa shape index (κ1) is 14.5. The van der Waals surface area contributed by atoms with Gasteiger partial charge in [-0.15, -0.1) is 10.2 Å². The molecule has 22 heavy (non-hydrogen) atoms. The van der Waals surface area contributed by atoms with Gasteiger partial charge in [-0.2, -0.15) is 0 Å². The van der Waals surface area contributed by atoms with Crippen LogP contribution in [0.25, 0.3) is 0 Å². The lowest BCUT2D eigenvalue weighted by Crippen LogP contribution is -2.21. The third kappa shape index (κ3) is 2.54. The zero-order valence-corrected chi connectivity index (χ0v) is 12.7. The van der Waals surface area contributed by atoms with Crippen molar-refractivity contribution in [2.45, 2.75) is 39.3 Å². The molecule has 7 nitrogen and oxygen atoms in total. The summed E-state index contributed by atoms with van der Waals surface area (Å²) < 4.78 is 2.13. The predicted octanol–water partition coefficient (Wildman–Crippen LogP) is 2.94. The first-order valence-electron chi connectivity index (χ1n) is 7.50. The van der Waals surface area contributed by atoms with Gasteiger partial charge in [0.2, 0.25) is 0 Å². The van der Waals surface area contributed by atoms with E-state index in [0.717, 1.165) is 31.0 Å². The number of anilines is 1. The molecule has 0 fully saturated rings. The van der Waals surface area contributed by atoms with Gasteiger partial charge in [-0.1, -0.05) is 26.0 Å². The van der Waals surface area contributed by atoms with Crippen molar-refractivity contribution in [3.8, 4) is 0 Å². The van der Waals surface area contributed by atoms with E-state index in [0.29, 0.717) is 5.69 Å². The Bertz CT molecular complexity index is 695. The summed E-state index contributed by atoms with van der Waals surface area (Å²) in [6.07, 6.45) is 2.03. The van der Waals surface area contributed by atoms with Gasteiger partial charge in [0.1, 0.15) is 11.5 Å². The van der Waals surface area contributed by atoms with Crippen LogP contribution in [0.1, 0.15) is 38.0 Å². The number of hydrogen-bond donors (Lipinski definition) is 1. The zero-order valence-electron chi connectivity index (χ0n) is 12.7. The molecule has 7 heteroatoms. The molecule has 0 bridgehead atoms. The quantitative estimate of drug-likeness (QED) is 0.678. The van der Waals surface area contributed by atoms with E-state index in [4.69, 9.17) is 0 Å². The molecule has 0 radical (unpaired) electrons. The van der Waals surface area contributed by atoms with Crippen molar-refractivity contribution < 1.29 is 4.92 Å². The van der Waals surface area contributed by atoms with Crippen molar-refractivity contribution in [3.63, 3.8) is 0 Å². The summed E-state index contributed by atoms with van der Waals surface area (Å²) >= 11 is 0. The normalized spacial score (nSPS) is 14.9. The largest absolute Gasteiger partial charge is 0.369 e. The number of benzene rings is 1. The Morgan fingerprint density at radius 3 is 2.82 bits per heavy atom. The molecule has 3 rings (SSSR count). The van der Waals surface area contributed by atoms with E-state index >= 15 is 0 Å². The van der Waals surface area contributed by atoms with Gasteiger partial charge in [0.25, 0.3) is 5.69 Å². The molecule has 1 aromatic carbocycles. The maximum atomic E-state index is 11.2. The monoisotopic (exact) mass is 301 g/mol. The topological polar surface area (TPSA) is 85.9 Å². The van der Waals surface area contributed by atoms with Crippen molar-refractivity contribution in [1.29, 1.82) is 0 Å². The average Bonchev–Trinajstić information content (AvgIpc) is 3.08. The molecule has 0 saturated heterocycles. The molecule has 0 spiro atoms. The third-order valence-electron chi connectivity index (χ3n) is 3.99. The van der Waals surface area contributed by atoms with Gasteiger partial charge in [-0.25, -0.2) is 0 Å². The van der Waals surface area contributed by atoms with Crippen LogP contribution >= 0.6 is 0 Å². The number of para-hydroxylation sites is 2. The molecule has 0 saturated carbocycles. The molecule has 116 valence electrons. The van der Waals surface area contributed by atoms with Crippen LogP contribution in [0.2, 0.25) is 0 Å². The van der Waals surface area contributed by atoms with Gasteiger partial charge in [-0.05, 0) is 18.4 Å². The molecule has 0 aliphatic carbocycles. The van der Waals surface area contributed by atoms with Crippen LogP contribution in [-0.2, 0) is 13.0 Å². The summed E-state index contributed by atoms with van der Waals surface area (Å²) in [6, 6.07) is 6.59. The van der Waals surface area contributed by atoms with Crippen LogP contribution in [0.15, 0.2) is 24.3 Å². The highest BCUT2D eigenvalue weighted by molar-refractivity contribution is 5.61. The minimum Gasteiger partial charge on any atom is -0.369 e. The van der Waals surface area contributed by atoms with E-state index in [1.54, 1.807) is 18.2 Å². The summed E-state index contributed by atoms with van der Waals surface area (Å²) in [5.74, 6) is 2.10. The summed E-state index contributed by atoms with van der Waals surface area (Å²) in [4.78, 5) is 10.8. The van der Waals surface area contributed by atoms with Gasteiger partial charge in [0, 0.05) is 19.0 Å². The number of nitrogens with zero attached hydrogens (tertiary/aromatic N) is 4. The van der Waals surface area contributed by atoms with E-state index in [1.165, 1.54) is 6.07 Å². The summed E-state index contributed by atoms with van der Waals surface area (Å²) in [6.45, 7) is 5.06. The SMILES string of the molecule is CC(C)[C@H](Nc1ccccc1[N+](=O)[O-])c1nnc2n1CCC2. The Morgan fingerprint density at radius 2 is 2.09 bits per heavy atom. The number of nitro groups is 1. The van der Waals surface area contributed by atoms with Crippen LogP contribution < -0.4 is 5.32 Å². The molecule has 1 N–H and O–H groups in total. The molecule has 1 aliphatic heterocycles. The summed E-state index contributed by atoms with van der Waals surface area (Å²) in [5, 5.41) is 23.0. The lowest BCUT2D eigenvalue weighted by molar-refractivity contribution is -0.384. The highest BCUT2D eigenvalue weighted by Crippen LogP contribution is 2.32. The lowest BCUT2D eigenvalue weighted by atomic mass is 10.0. The van der Waals surface area contributed by atoms with Crippen LogP contribution in [0.5, 0.6) is 0 Å². The average molecular weight is 301 g/mol. The van der Waals surface area contributed by atoms with Crippen LogP contribution in [0, 0.1) is 16.0 Å². The first-order chi connectivity index (χ1) is 10.6. The second-order valence-electron chi connectivity index (χ2n) is 5.87. The second kappa shape index (κ2) is 5.75. The van der Waals surface area contributed by atoms with E-state index < -0.39 is 0 Å². The second-order valence-corrected chi connectivity index (χ2v) is 5.87. The number of fused-ring (bicyclic) bond motifs is 1. The third-order valence-corrected chi connectivity index (χ3v) is 3.99. The molecule has 2 aromatic rings. The minimum absolute atomic E-state index is 0.0781. The molecule has 1 aliphatic rings. The predicted molar refractivity (Wildman–Crippen MR) is 82.6 cm³/mol. The fourth-order valence-corrected chi connectivity index (χ4v) is 2.85. The van der Waals surface area contributed by atoms with E-state index in [2.05, 4.69) is 33.9 Å². The van der Waals surface area contributed by atoms with Crippen molar-refractivity contribution >= 4 is 11.4 Å². The van der Waals surface area contributed by atoms with E-state index in [1.807, 2.05) is 0 Å². The molecular formula is C15H19N5O2. The fraction of sp³-hybridized carbons (Fsp3) is 0.467. The van der Waals surface area contributed by atoms with Crippen molar-refractivity contribution in [3.05, 3.63) is 46.0 Å². The number of nitro benzene ring substituents is 1. The Labute approximate surface area is 128 Å². The van der Waals surface area contributed by atoms with Gasteiger partial charge in [0.05, 0.1) is 11.0 Å². The van der Waals surface area contributed by atoms with Gasteiger partial charge in [0.15, 0.2) is 5.82 Å². The highest BCUT2D eigenvalue weighted by atomic mass is 16.6. The van der Waals surface area contributed by atoms with Crippen molar-refractivity contribution in [1.82, 2.24) is 14.8 Å². The van der Waals surface area contributed by atoms with Gasteiger partial charge >= 0.3 is 0 Å². The number of aryl methyl sites for hydroxylation is 1. The van der Waals surface area contributed by atoms with Crippen molar-refractivity contribution in [2.75, 3.05) is 5.32 Å². The Kier molecular flexibility index (Phi) is 3.79.